The molecule has 0 rings (SSSR count). The first-order chi connectivity index (χ1) is 1.73. The standard InChI is InChI=1S/Cr.Na.H2O.2O.V.H/h;;1H2;;;;/q;;;;;+1;/p-1. The second-order valence-electron chi connectivity index (χ2n) is 0.238. The molecule has 0 aliphatic heterocycles. The first kappa shape index (κ1) is 15.6. The molecular formula is H2CrNaO3V. The van der Waals surface area contributed by atoms with Crippen molar-refractivity contribution in [1.82, 2.24) is 0 Å². The van der Waals surface area contributed by atoms with Crippen LogP contribution in [0.2, 0.25) is 0 Å². The Bertz CT molecular complexity index is 59.2. The zero-order valence-corrected chi connectivity index (χ0v) is 4.79. The predicted molar refractivity (Wildman–Crippen MR) is 10.7 cm³/mol. The van der Waals surface area contributed by atoms with E-state index in [-0.39, 0.29) is 46.9 Å². The molecule has 32 valence electrons. The minimum atomic E-state index is -3.69. The molecule has 0 aromatic rings. The molecule has 0 radical (unpaired) electrons. The third-order valence-corrected chi connectivity index (χ3v) is 0. The zero-order valence-electron chi connectivity index (χ0n) is 2.12. The quantitative estimate of drug-likeness (QED) is 0.459. The van der Waals surface area contributed by atoms with Crippen molar-refractivity contribution < 1.29 is 44.1 Å². The van der Waals surface area contributed by atoms with Gasteiger partial charge in [-0.3, -0.25) is 0 Å². The monoisotopic (exact) mass is 176 g/mol. The average molecular weight is 176 g/mol. The Balaban J connectivity index is -0.0000000450. The van der Waals surface area contributed by atoms with Gasteiger partial charge in [0.2, 0.25) is 0 Å². The molecule has 3 nitrogen and oxygen atoms in total. The second kappa shape index (κ2) is 9.84. The van der Waals surface area contributed by atoms with Crippen LogP contribution in [0.3, 0.4) is 0 Å². The summed E-state index contributed by atoms with van der Waals surface area (Å²) in [5, 5.41) is 0. The van der Waals surface area contributed by atoms with Gasteiger partial charge in [0.15, 0.2) is 0 Å². The molecule has 0 saturated carbocycles. The van der Waals surface area contributed by atoms with Gasteiger partial charge in [0.1, 0.15) is 0 Å². The molecule has 0 aromatic heterocycles. The van der Waals surface area contributed by atoms with Crippen LogP contribution in [0.25, 0.3) is 0 Å². The fourth-order valence-corrected chi connectivity index (χ4v) is 0. The molecule has 0 aromatic carbocycles. The third-order valence-electron chi connectivity index (χ3n) is 0. The molecule has 0 bridgehead atoms. The van der Waals surface area contributed by atoms with Gasteiger partial charge in [-0.2, -0.15) is 0 Å². The molecule has 0 spiro atoms. The Hall–Kier alpha value is 1.68. The van der Waals surface area contributed by atoms with Crippen molar-refractivity contribution in [3.05, 3.63) is 0 Å². The molecule has 0 heterocycles. The number of hydrogen-bond donors (Lipinski definition) is 1. The van der Waals surface area contributed by atoms with Crippen LogP contribution in [0.1, 0.15) is 0 Å². The minimum absolute atomic E-state index is 0. The van der Waals surface area contributed by atoms with Gasteiger partial charge in [0, 0.05) is 17.4 Å². The van der Waals surface area contributed by atoms with Crippen LogP contribution in [0.15, 0.2) is 0 Å². The topological polar surface area (TPSA) is 54.4 Å². The third kappa shape index (κ3) is 44.2. The average Bonchev–Trinajstić information content (AvgIpc) is 0.811. The summed E-state index contributed by atoms with van der Waals surface area (Å²) in [4.78, 5) is 0. The van der Waals surface area contributed by atoms with Crippen LogP contribution < -0.4 is 0 Å². The maximum atomic E-state index is 8.67. The normalized spacial score (nSPS) is 4.17. The first-order valence-corrected chi connectivity index (χ1v) is 2.33. The van der Waals surface area contributed by atoms with Crippen molar-refractivity contribution in [2.75, 3.05) is 0 Å². The van der Waals surface area contributed by atoms with Crippen molar-refractivity contribution >= 4 is 29.6 Å². The molecule has 6 heteroatoms. The molecule has 0 atom stereocenters. The van der Waals surface area contributed by atoms with Gasteiger partial charge in [0.25, 0.3) is 0 Å². The van der Waals surface area contributed by atoms with Crippen LogP contribution >= 0.6 is 0 Å². The molecule has 0 unspecified atom stereocenters. The fraction of sp³-hybridized carbons (Fsp3) is 0. The van der Waals surface area contributed by atoms with Gasteiger partial charge in [-0.25, -0.2) is 0 Å². The van der Waals surface area contributed by atoms with Gasteiger partial charge >= 0.3 is 56.3 Å². The summed E-state index contributed by atoms with van der Waals surface area (Å²) < 4.78 is 24.4. The van der Waals surface area contributed by atoms with E-state index in [1.165, 1.54) is 0 Å². The van der Waals surface area contributed by atoms with Crippen LogP contribution in [-0.4, -0.2) is 33.6 Å². The van der Waals surface area contributed by atoms with Crippen molar-refractivity contribution in [2.45, 2.75) is 0 Å². The van der Waals surface area contributed by atoms with Gasteiger partial charge < -0.3 is 0 Å². The van der Waals surface area contributed by atoms with Crippen LogP contribution in [0.4, 0.5) is 0 Å². The maximum absolute atomic E-state index is 8.67. The summed E-state index contributed by atoms with van der Waals surface area (Å²) in [5.41, 5.74) is 0. The molecule has 0 aliphatic rings. The molecule has 0 fully saturated rings. The van der Waals surface area contributed by atoms with Gasteiger partial charge in [-0.1, -0.05) is 0 Å². The predicted octanol–water partition coefficient (Wildman–Crippen LogP) is -1.45. The van der Waals surface area contributed by atoms with E-state index in [0.29, 0.717) is 0 Å². The van der Waals surface area contributed by atoms with Crippen LogP contribution in [0, 0.1) is 0 Å². The second-order valence-corrected chi connectivity index (χ2v) is 0.981. The van der Waals surface area contributed by atoms with E-state index in [1.54, 1.807) is 0 Å². The number of hydrogen-bond acceptors (Lipinski definition) is 2. The van der Waals surface area contributed by atoms with Gasteiger partial charge in [0.05, 0.1) is 0 Å². The Labute approximate surface area is 72.9 Å². The summed E-state index contributed by atoms with van der Waals surface area (Å²) in [6.45, 7) is 0. The SMILES string of the molecule is [Cr].[NaH].[O]=[V](=[O])[OH]. The Morgan fingerprint density at radius 1 is 1.33 bits per heavy atom. The zero-order chi connectivity index (χ0) is 3.58. The van der Waals surface area contributed by atoms with E-state index in [1.807, 2.05) is 0 Å². The molecule has 0 amide bonds. The van der Waals surface area contributed by atoms with Crippen LogP contribution in [-0.2, 0) is 40.1 Å². The van der Waals surface area contributed by atoms with Crippen LogP contribution in [0.5, 0.6) is 0 Å². The molecular weight excluding hydrogens is 174 g/mol. The van der Waals surface area contributed by atoms with Gasteiger partial charge in [-0.15, -0.1) is 0 Å². The van der Waals surface area contributed by atoms with Crippen molar-refractivity contribution in [3.8, 4) is 0 Å². The van der Waals surface area contributed by atoms with E-state index >= 15 is 0 Å². The number of rotatable bonds is 0. The van der Waals surface area contributed by atoms with E-state index < -0.39 is 15.4 Å². The van der Waals surface area contributed by atoms with E-state index in [2.05, 4.69) is 0 Å². The van der Waals surface area contributed by atoms with E-state index in [0.717, 1.165) is 0 Å². The van der Waals surface area contributed by atoms with Gasteiger partial charge in [-0.05, 0) is 0 Å². The van der Waals surface area contributed by atoms with E-state index in [9.17, 15) is 0 Å². The molecule has 6 heavy (non-hydrogen) atoms. The van der Waals surface area contributed by atoms with Crippen molar-refractivity contribution in [2.24, 2.45) is 0 Å². The summed E-state index contributed by atoms with van der Waals surface area (Å²) in [6, 6.07) is 0. The summed E-state index contributed by atoms with van der Waals surface area (Å²) in [5.74, 6) is 0. The molecule has 1 N–H and O–H groups in total. The van der Waals surface area contributed by atoms with E-state index in [4.69, 9.17) is 11.4 Å². The molecule has 0 aliphatic carbocycles. The first-order valence-electron chi connectivity index (χ1n) is 0.565. The fourth-order valence-electron chi connectivity index (χ4n) is 0. The molecule has 0 saturated heterocycles. The van der Waals surface area contributed by atoms with Crippen molar-refractivity contribution in [1.29, 1.82) is 0 Å². The Kier molecular flexibility index (Phi) is 25.7. The summed E-state index contributed by atoms with van der Waals surface area (Å²) in [6.07, 6.45) is 0. The Morgan fingerprint density at radius 3 is 1.33 bits per heavy atom. The Morgan fingerprint density at radius 2 is 1.33 bits per heavy atom. The summed E-state index contributed by atoms with van der Waals surface area (Å²) in [7, 11) is 0. The summed E-state index contributed by atoms with van der Waals surface area (Å²) >= 11 is -3.69. The van der Waals surface area contributed by atoms with Crippen molar-refractivity contribution in [3.63, 3.8) is 0 Å².